The standard InChI is InChI=1S/C19H17BrF3N3O3/c1-10-6-11(20)7-14-16(10)29-17(26-14)13-5-4-12(8-24-13)25-15(27)9-28-18(2,3)19(21,22)23/h4-8H,9H2,1-3H3,(H,25,27). The molecule has 29 heavy (non-hydrogen) atoms. The molecule has 1 N–H and O–H groups in total. The van der Waals surface area contributed by atoms with E-state index in [-0.39, 0.29) is 0 Å². The Kier molecular flexibility index (Phi) is 5.68. The number of aryl methyl sites for hydroxylation is 1. The summed E-state index contributed by atoms with van der Waals surface area (Å²) in [5.74, 6) is -0.409. The number of halogens is 4. The van der Waals surface area contributed by atoms with E-state index in [9.17, 15) is 18.0 Å². The summed E-state index contributed by atoms with van der Waals surface area (Å²) < 4.78 is 49.6. The van der Waals surface area contributed by atoms with E-state index in [2.05, 4.69) is 36.0 Å². The van der Waals surface area contributed by atoms with Crippen molar-refractivity contribution in [3.05, 3.63) is 40.5 Å². The summed E-state index contributed by atoms with van der Waals surface area (Å²) in [6.07, 6.45) is -3.22. The largest absolute Gasteiger partial charge is 0.434 e. The predicted octanol–water partition coefficient (Wildman–Crippen LogP) is 5.26. The first-order valence-corrected chi connectivity index (χ1v) is 9.29. The van der Waals surface area contributed by atoms with E-state index in [1.807, 2.05) is 19.1 Å². The highest BCUT2D eigenvalue weighted by molar-refractivity contribution is 9.10. The van der Waals surface area contributed by atoms with Crippen LogP contribution in [0.2, 0.25) is 0 Å². The lowest BCUT2D eigenvalue weighted by Gasteiger charge is -2.27. The Hall–Kier alpha value is -2.46. The van der Waals surface area contributed by atoms with E-state index in [1.54, 1.807) is 12.1 Å². The van der Waals surface area contributed by atoms with Crippen molar-refractivity contribution in [3.8, 4) is 11.6 Å². The van der Waals surface area contributed by atoms with Gasteiger partial charge in [-0.3, -0.25) is 4.79 Å². The van der Waals surface area contributed by atoms with Gasteiger partial charge in [0.25, 0.3) is 0 Å². The van der Waals surface area contributed by atoms with E-state index in [0.29, 0.717) is 28.4 Å². The van der Waals surface area contributed by atoms with Gasteiger partial charge >= 0.3 is 6.18 Å². The van der Waals surface area contributed by atoms with Crippen molar-refractivity contribution in [1.29, 1.82) is 0 Å². The molecule has 0 aliphatic carbocycles. The summed E-state index contributed by atoms with van der Waals surface area (Å²) in [7, 11) is 0. The molecule has 0 atom stereocenters. The number of oxazole rings is 1. The van der Waals surface area contributed by atoms with Gasteiger partial charge in [-0.05, 0) is 50.6 Å². The van der Waals surface area contributed by atoms with Crippen molar-refractivity contribution in [3.63, 3.8) is 0 Å². The highest BCUT2D eigenvalue weighted by atomic mass is 79.9. The van der Waals surface area contributed by atoms with Crippen molar-refractivity contribution >= 4 is 38.6 Å². The van der Waals surface area contributed by atoms with Gasteiger partial charge in [0.2, 0.25) is 11.8 Å². The van der Waals surface area contributed by atoms with Crippen LogP contribution in [0.15, 0.2) is 39.4 Å². The van der Waals surface area contributed by atoms with Crippen molar-refractivity contribution in [2.45, 2.75) is 32.5 Å². The molecule has 0 spiro atoms. The Morgan fingerprint density at radius 1 is 1.28 bits per heavy atom. The molecule has 0 saturated carbocycles. The maximum absolute atomic E-state index is 12.8. The van der Waals surface area contributed by atoms with Gasteiger partial charge in [-0.15, -0.1) is 0 Å². The number of benzene rings is 1. The van der Waals surface area contributed by atoms with E-state index in [0.717, 1.165) is 23.9 Å². The van der Waals surface area contributed by atoms with Crippen molar-refractivity contribution in [2.24, 2.45) is 0 Å². The summed E-state index contributed by atoms with van der Waals surface area (Å²) in [4.78, 5) is 20.5. The Balaban J connectivity index is 1.68. The Labute approximate surface area is 172 Å². The molecule has 2 heterocycles. The summed E-state index contributed by atoms with van der Waals surface area (Å²) >= 11 is 3.41. The first-order chi connectivity index (χ1) is 13.5. The maximum Gasteiger partial charge on any atom is 0.416 e. The molecule has 3 rings (SSSR count). The summed E-state index contributed by atoms with van der Waals surface area (Å²) in [6, 6.07) is 6.87. The number of hydrogen-bond donors (Lipinski definition) is 1. The monoisotopic (exact) mass is 471 g/mol. The predicted molar refractivity (Wildman–Crippen MR) is 104 cm³/mol. The van der Waals surface area contributed by atoms with Gasteiger partial charge in [-0.2, -0.15) is 13.2 Å². The molecule has 0 bridgehead atoms. The molecule has 6 nitrogen and oxygen atoms in total. The number of carbonyl (C=O) groups excluding carboxylic acids is 1. The smallest absolute Gasteiger partial charge is 0.416 e. The second-order valence-electron chi connectivity index (χ2n) is 6.87. The van der Waals surface area contributed by atoms with Crippen LogP contribution in [0.1, 0.15) is 19.4 Å². The van der Waals surface area contributed by atoms with Gasteiger partial charge in [-0.25, -0.2) is 9.97 Å². The molecule has 0 fully saturated rings. The molecule has 10 heteroatoms. The Morgan fingerprint density at radius 2 is 2.00 bits per heavy atom. The number of alkyl halides is 3. The molecule has 0 aliphatic rings. The minimum atomic E-state index is -4.58. The number of aromatic nitrogens is 2. The third-order valence-corrected chi connectivity index (χ3v) is 4.61. The first-order valence-electron chi connectivity index (χ1n) is 8.50. The van der Waals surface area contributed by atoms with E-state index in [4.69, 9.17) is 4.42 Å². The van der Waals surface area contributed by atoms with E-state index >= 15 is 0 Å². The number of nitrogens with zero attached hydrogens (tertiary/aromatic N) is 2. The second kappa shape index (κ2) is 7.75. The number of hydrogen-bond acceptors (Lipinski definition) is 5. The molecule has 1 aromatic carbocycles. The van der Waals surface area contributed by atoms with Crippen LogP contribution in [0.5, 0.6) is 0 Å². The average Bonchev–Trinajstić information content (AvgIpc) is 3.04. The van der Waals surface area contributed by atoms with E-state index < -0.39 is 24.3 Å². The molecular weight excluding hydrogens is 455 g/mol. The zero-order chi connectivity index (χ0) is 21.4. The molecule has 2 aromatic heterocycles. The van der Waals surface area contributed by atoms with Crippen molar-refractivity contribution in [2.75, 3.05) is 11.9 Å². The van der Waals surface area contributed by atoms with Crippen LogP contribution in [-0.4, -0.2) is 34.3 Å². The lowest BCUT2D eigenvalue weighted by molar-refractivity contribution is -0.261. The second-order valence-corrected chi connectivity index (χ2v) is 7.78. The number of nitrogens with one attached hydrogen (secondary N) is 1. The maximum atomic E-state index is 12.8. The average molecular weight is 472 g/mol. The van der Waals surface area contributed by atoms with Crippen LogP contribution in [0.3, 0.4) is 0 Å². The van der Waals surface area contributed by atoms with Gasteiger partial charge in [0.05, 0.1) is 11.9 Å². The van der Waals surface area contributed by atoms with Crippen LogP contribution >= 0.6 is 15.9 Å². The molecule has 3 aromatic rings. The number of pyridine rings is 1. The fourth-order valence-electron chi connectivity index (χ4n) is 2.39. The van der Waals surface area contributed by atoms with Gasteiger partial charge in [-0.1, -0.05) is 15.9 Å². The van der Waals surface area contributed by atoms with Crippen LogP contribution in [-0.2, 0) is 9.53 Å². The number of anilines is 1. The van der Waals surface area contributed by atoms with Crippen LogP contribution in [0.25, 0.3) is 22.7 Å². The van der Waals surface area contributed by atoms with Gasteiger partial charge in [0.1, 0.15) is 17.8 Å². The van der Waals surface area contributed by atoms with E-state index in [1.165, 1.54) is 6.20 Å². The summed E-state index contributed by atoms with van der Waals surface area (Å²) in [6.45, 7) is 2.87. The van der Waals surface area contributed by atoms with Crippen molar-refractivity contribution in [1.82, 2.24) is 9.97 Å². The SMILES string of the molecule is Cc1cc(Br)cc2nc(-c3ccc(NC(=O)COC(C)(C)C(F)(F)F)cn3)oc12. The minimum Gasteiger partial charge on any atom is -0.434 e. The fourth-order valence-corrected chi connectivity index (χ4v) is 2.95. The number of fused-ring (bicyclic) bond motifs is 1. The lowest BCUT2D eigenvalue weighted by Crippen LogP contribution is -2.43. The van der Waals surface area contributed by atoms with Crippen molar-refractivity contribution < 1.29 is 27.1 Å². The Morgan fingerprint density at radius 3 is 2.62 bits per heavy atom. The molecule has 1 amide bonds. The quantitative estimate of drug-likeness (QED) is 0.549. The number of carbonyl (C=O) groups is 1. The highest BCUT2D eigenvalue weighted by Crippen LogP contribution is 2.33. The summed E-state index contributed by atoms with van der Waals surface area (Å²) in [5, 5.41) is 2.44. The molecule has 154 valence electrons. The van der Waals surface area contributed by atoms with Crippen LogP contribution in [0, 0.1) is 6.92 Å². The zero-order valence-corrected chi connectivity index (χ0v) is 17.3. The van der Waals surface area contributed by atoms with Gasteiger partial charge in [0, 0.05) is 4.47 Å². The third kappa shape index (κ3) is 4.76. The molecule has 0 saturated heterocycles. The normalized spacial score (nSPS) is 12.4. The number of amides is 1. The van der Waals surface area contributed by atoms with Gasteiger partial charge in [0.15, 0.2) is 11.2 Å². The molecular formula is C19H17BrF3N3O3. The van der Waals surface area contributed by atoms with Crippen LogP contribution in [0.4, 0.5) is 18.9 Å². The number of rotatable bonds is 5. The topological polar surface area (TPSA) is 77.2 Å². The first kappa shape index (κ1) is 21.3. The fraction of sp³-hybridized carbons (Fsp3) is 0.316. The van der Waals surface area contributed by atoms with Gasteiger partial charge < -0.3 is 14.5 Å². The Bertz CT molecular complexity index is 1050. The lowest BCUT2D eigenvalue weighted by atomic mass is 10.1. The minimum absolute atomic E-state index is 0.308. The third-order valence-electron chi connectivity index (χ3n) is 4.15. The highest BCUT2D eigenvalue weighted by Gasteiger charge is 2.48. The van der Waals surface area contributed by atoms with Crippen LogP contribution < -0.4 is 5.32 Å². The summed E-state index contributed by atoms with van der Waals surface area (Å²) in [5.41, 5.74) is 0.569. The molecule has 0 radical (unpaired) electrons. The zero-order valence-electron chi connectivity index (χ0n) is 15.7. The molecule has 0 aliphatic heterocycles. The molecule has 0 unspecified atom stereocenters. The number of ether oxygens (including phenoxy) is 1.